The van der Waals surface area contributed by atoms with Crippen molar-refractivity contribution in [2.24, 2.45) is 0 Å². The summed E-state index contributed by atoms with van der Waals surface area (Å²) in [4.78, 5) is 25.1. The first-order valence-corrected chi connectivity index (χ1v) is 10.9. The van der Waals surface area contributed by atoms with E-state index in [9.17, 15) is 9.59 Å². The number of carbonyl (C=O) groups is 2. The molecule has 0 spiro atoms. The minimum atomic E-state index is -0.508. The summed E-state index contributed by atoms with van der Waals surface area (Å²) in [7, 11) is 1.56. The summed E-state index contributed by atoms with van der Waals surface area (Å²) in [6, 6.07) is 15.7. The van der Waals surface area contributed by atoms with Gasteiger partial charge in [-0.25, -0.2) is 4.79 Å². The molecule has 0 unspecified atom stereocenters. The molecule has 5 rings (SSSR count). The highest BCUT2D eigenvalue weighted by Gasteiger charge is 2.30. The van der Waals surface area contributed by atoms with E-state index in [0.29, 0.717) is 46.6 Å². The van der Waals surface area contributed by atoms with Crippen LogP contribution in [0.5, 0.6) is 28.7 Å². The number of carbonyl (C=O) groups excluding carboxylic acids is 2. The molecule has 174 valence electrons. The van der Waals surface area contributed by atoms with E-state index in [0.717, 1.165) is 11.1 Å². The summed E-state index contributed by atoms with van der Waals surface area (Å²) < 4.78 is 27.5. The lowest BCUT2D eigenvalue weighted by atomic mass is 9.84. The summed E-state index contributed by atoms with van der Waals surface area (Å²) >= 11 is 0. The molecule has 0 fully saturated rings. The van der Waals surface area contributed by atoms with Crippen LogP contribution in [0.1, 0.15) is 40.7 Å². The molecule has 0 saturated heterocycles. The van der Waals surface area contributed by atoms with E-state index >= 15 is 0 Å². The Labute approximate surface area is 196 Å². The van der Waals surface area contributed by atoms with E-state index in [-0.39, 0.29) is 25.0 Å². The molecule has 8 heteroatoms. The Morgan fingerprint density at radius 3 is 2.53 bits per heavy atom. The van der Waals surface area contributed by atoms with Gasteiger partial charge in [-0.2, -0.15) is 0 Å². The van der Waals surface area contributed by atoms with Crippen LogP contribution in [0.15, 0.2) is 54.6 Å². The van der Waals surface area contributed by atoms with Gasteiger partial charge in [0.15, 0.2) is 23.0 Å². The molecule has 3 aromatic carbocycles. The molecule has 8 nitrogen and oxygen atoms in total. The van der Waals surface area contributed by atoms with Gasteiger partial charge in [-0.15, -0.1) is 0 Å². The number of hydrogen-bond donors (Lipinski definition) is 1. The van der Waals surface area contributed by atoms with Crippen molar-refractivity contribution in [1.29, 1.82) is 0 Å². The first-order chi connectivity index (χ1) is 16.6. The zero-order valence-electron chi connectivity index (χ0n) is 18.8. The van der Waals surface area contributed by atoms with Gasteiger partial charge < -0.3 is 29.0 Å². The van der Waals surface area contributed by atoms with Crippen molar-refractivity contribution in [3.05, 3.63) is 71.3 Å². The van der Waals surface area contributed by atoms with Gasteiger partial charge in [0.25, 0.3) is 0 Å². The van der Waals surface area contributed by atoms with Gasteiger partial charge in [-0.1, -0.05) is 6.07 Å². The van der Waals surface area contributed by atoms with Crippen LogP contribution in [-0.4, -0.2) is 32.4 Å². The highest BCUT2D eigenvalue weighted by atomic mass is 16.7. The molecule has 0 saturated carbocycles. The monoisotopic (exact) mass is 461 g/mol. The fourth-order valence-electron chi connectivity index (χ4n) is 4.13. The minimum Gasteiger partial charge on any atom is -0.497 e. The Balaban J connectivity index is 1.45. The lowest BCUT2D eigenvalue weighted by molar-refractivity contribution is -0.116. The average molecular weight is 461 g/mol. The van der Waals surface area contributed by atoms with Crippen LogP contribution >= 0.6 is 0 Å². The predicted octanol–water partition coefficient (Wildman–Crippen LogP) is 4.52. The molecular formula is C26H23NO7. The summed E-state index contributed by atoms with van der Waals surface area (Å²) in [6.07, 6.45) is 0.267. The third-order valence-corrected chi connectivity index (χ3v) is 5.78. The number of ether oxygens (including phenoxy) is 5. The van der Waals surface area contributed by atoms with Crippen LogP contribution in [-0.2, 0) is 4.79 Å². The Bertz CT molecular complexity index is 1250. The highest BCUT2D eigenvalue weighted by Crippen LogP contribution is 2.45. The third-order valence-electron chi connectivity index (χ3n) is 5.78. The second kappa shape index (κ2) is 8.97. The molecule has 1 N–H and O–H groups in total. The SMILES string of the molecule is CCOc1cc([C@@H]2CC(=O)Nc3cc4c(cc32)OCO4)ccc1OC(=O)c1ccc(OC)cc1. The van der Waals surface area contributed by atoms with Crippen molar-refractivity contribution in [3.63, 3.8) is 0 Å². The number of fused-ring (bicyclic) bond motifs is 2. The fraction of sp³-hybridized carbons (Fsp3) is 0.231. The number of nitrogens with one attached hydrogen (secondary N) is 1. The van der Waals surface area contributed by atoms with Gasteiger partial charge in [0.2, 0.25) is 12.7 Å². The molecule has 0 bridgehead atoms. The van der Waals surface area contributed by atoms with Crippen LogP contribution in [0.25, 0.3) is 0 Å². The number of anilines is 1. The van der Waals surface area contributed by atoms with E-state index in [1.807, 2.05) is 25.1 Å². The molecule has 34 heavy (non-hydrogen) atoms. The third kappa shape index (κ3) is 4.10. The van der Waals surface area contributed by atoms with E-state index in [1.54, 1.807) is 43.5 Å². The maximum atomic E-state index is 12.7. The molecule has 0 aromatic heterocycles. The molecule has 0 aliphatic carbocycles. The van der Waals surface area contributed by atoms with Gasteiger partial charge in [0.05, 0.1) is 19.3 Å². The lowest BCUT2D eigenvalue weighted by Crippen LogP contribution is -2.23. The molecule has 0 radical (unpaired) electrons. The summed E-state index contributed by atoms with van der Waals surface area (Å²) in [5.74, 6) is 1.81. The largest absolute Gasteiger partial charge is 0.497 e. The van der Waals surface area contributed by atoms with Gasteiger partial charge in [0, 0.05) is 24.1 Å². The summed E-state index contributed by atoms with van der Waals surface area (Å²) in [5.41, 5.74) is 2.87. The quantitative estimate of drug-likeness (QED) is 0.426. The van der Waals surface area contributed by atoms with E-state index in [4.69, 9.17) is 23.7 Å². The Morgan fingerprint density at radius 2 is 1.79 bits per heavy atom. The van der Waals surface area contributed by atoms with Crippen molar-refractivity contribution < 1.29 is 33.3 Å². The van der Waals surface area contributed by atoms with Gasteiger partial charge in [-0.05, 0) is 60.5 Å². The molecule has 1 amide bonds. The van der Waals surface area contributed by atoms with Gasteiger partial charge >= 0.3 is 5.97 Å². The second-order valence-electron chi connectivity index (χ2n) is 7.85. The molecule has 2 aliphatic rings. The van der Waals surface area contributed by atoms with Crippen molar-refractivity contribution >= 4 is 17.6 Å². The summed E-state index contributed by atoms with van der Waals surface area (Å²) in [5, 5.41) is 2.91. The van der Waals surface area contributed by atoms with Crippen LogP contribution in [0, 0.1) is 0 Å². The van der Waals surface area contributed by atoms with E-state index in [2.05, 4.69) is 5.32 Å². The first-order valence-electron chi connectivity index (χ1n) is 10.9. The molecule has 1 atom stereocenters. The lowest BCUT2D eigenvalue weighted by Gasteiger charge is -2.27. The standard InChI is InChI=1S/C26H23NO7/c1-3-31-22-10-16(6-9-21(22)34-26(29)15-4-7-17(30-2)8-5-15)18-12-25(28)27-20-13-24-23(11-19(18)20)32-14-33-24/h4-11,13,18H,3,12,14H2,1-2H3,(H,27,28)/t18-/m0/s1. The average Bonchev–Trinajstić information content (AvgIpc) is 3.31. The van der Waals surface area contributed by atoms with Crippen LogP contribution < -0.4 is 29.0 Å². The maximum absolute atomic E-state index is 12.7. The molecule has 3 aromatic rings. The number of benzene rings is 3. The zero-order valence-corrected chi connectivity index (χ0v) is 18.8. The number of methoxy groups -OCH3 is 1. The number of rotatable bonds is 6. The minimum absolute atomic E-state index is 0.0932. The molecule has 2 aliphatic heterocycles. The highest BCUT2D eigenvalue weighted by molar-refractivity contribution is 5.96. The normalized spacial score (nSPS) is 15.8. The second-order valence-corrected chi connectivity index (χ2v) is 7.85. The number of hydrogen-bond acceptors (Lipinski definition) is 7. The smallest absolute Gasteiger partial charge is 0.343 e. The topological polar surface area (TPSA) is 92.3 Å². The van der Waals surface area contributed by atoms with Gasteiger partial charge in [0.1, 0.15) is 5.75 Å². The van der Waals surface area contributed by atoms with Crippen LogP contribution in [0.2, 0.25) is 0 Å². The number of amides is 1. The Hall–Kier alpha value is -4.20. The fourth-order valence-corrected chi connectivity index (χ4v) is 4.13. The van der Waals surface area contributed by atoms with Gasteiger partial charge in [-0.3, -0.25) is 4.79 Å². The Morgan fingerprint density at radius 1 is 1.03 bits per heavy atom. The van der Waals surface area contributed by atoms with E-state index in [1.165, 1.54) is 0 Å². The van der Waals surface area contributed by atoms with Crippen LogP contribution in [0.3, 0.4) is 0 Å². The number of esters is 1. The zero-order chi connectivity index (χ0) is 23.7. The predicted molar refractivity (Wildman–Crippen MR) is 123 cm³/mol. The van der Waals surface area contributed by atoms with Crippen molar-refractivity contribution in [1.82, 2.24) is 0 Å². The molecular weight excluding hydrogens is 438 g/mol. The van der Waals surface area contributed by atoms with Crippen molar-refractivity contribution in [3.8, 4) is 28.7 Å². The van der Waals surface area contributed by atoms with Crippen molar-refractivity contribution in [2.45, 2.75) is 19.3 Å². The molecule has 2 heterocycles. The summed E-state index contributed by atoms with van der Waals surface area (Å²) in [6.45, 7) is 2.39. The van der Waals surface area contributed by atoms with E-state index < -0.39 is 5.97 Å². The first kappa shape index (κ1) is 21.6. The maximum Gasteiger partial charge on any atom is 0.343 e. The Kier molecular flexibility index (Phi) is 5.71. The van der Waals surface area contributed by atoms with Crippen LogP contribution in [0.4, 0.5) is 5.69 Å². The van der Waals surface area contributed by atoms with Crippen molar-refractivity contribution in [2.75, 3.05) is 25.8 Å².